The summed E-state index contributed by atoms with van der Waals surface area (Å²) in [7, 11) is 2.00. The van der Waals surface area contributed by atoms with E-state index in [0.717, 1.165) is 22.5 Å². The predicted octanol–water partition coefficient (Wildman–Crippen LogP) is 2.80. The Morgan fingerprint density at radius 3 is 2.71 bits per heavy atom. The second-order valence-electron chi connectivity index (χ2n) is 5.41. The first-order valence-corrected chi connectivity index (χ1v) is 7.23. The Balaban J connectivity index is 2.10. The number of aromatic nitrogens is 2. The minimum Gasteiger partial charge on any atom is -0.327 e. The van der Waals surface area contributed by atoms with Crippen LogP contribution in [0.15, 0.2) is 4.47 Å². The highest BCUT2D eigenvalue weighted by molar-refractivity contribution is 9.10. The van der Waals surface area contributed by atoms with Crippen LogP contribution >= 0.6 is 15.9 Å². The van der Waals surface area contributed by atoms with E-state index in [-0.39, 0.29) is 6.04 Å². The number of hydrogen-bond acceptors (Lipinski definition) is 2. The molecule has 1 heterocycles. The van der Waals surface area contributed by atoms with Crippen LogP contribution in [0.25, 0.3) is 0 Å². The molecular formula is C13H22BrN3. The van der Waals surface area contributed by atoms with E-state index in [1.807, 2.05) is 18.7 Å². The Bertz CT molecular complexity index is 400. The summed E-state index contributed by atoms with van der Waals surface area (Å²) in [4.78, 5) is 0. The van der Waals surface area contributed by atoms with Gasteiger partial charge >= 0.3 is 0 Å². The van der Waals surface area contributed by atoms with Gasteiger partial charge < -0.3 is 5.73 Å². The molecule has 17 heavy (non-hydrogen) atoms. The van der Waals surface area contributed by atoms with E-state index in [4.69, 9.17) is 5.73 Å². The van der Waals surface area contributed by atoms with Crippen LogP contribution in [-0.4, -0.2) is 15.8 Å². The van der Waals surface area contributed by atoms with E-state index < -0.39 is 0 Å². The van der Waals surface area contributed by atoms with Gasteiger partial charge in [0.25, 0.3) is 0 Å². The van der Waals surface area contributed by atoms with Crippen molar-refractivity contribution < 1.29 is 0 Å². The fourth-order valence-corrected chi connectivity index (χ4v) is 3.58. The summed E-state index contributed by atoms with van der Waals surface area (Å²) in [5.74, 6) is 1.45. The van der Waals surface area contributed by atoms with Gasteiger partial charge in [0, 0.05) is 19.5 Å². The third-order valence-electron chi connectivity index (χ3n) is 4.17. The first kappa shape index (κ1) is 13.1. The largest absolute Gasteiger partial charge is 0.327 e. The number of nitrogens with zero attached hydrogens (tertiary/aromatic N) is 2. The molecule has 0 spiro atoms. The third-order valence-corrected chi connectivity index (χ3v) is 5.20. The fourth-order valence-electron chi connectivity index (χ4n) is 3.09. The summed E-state index contributed by atoms with van der Waals surface area (Å²) in [5, 5.41) is 4.42. The van der Waals surface area contributed by atoms with Gasteiger partial charge in [0.2, 0.25) is 0 Å². The molecule has 3 nitrogen and oxygen atoms in total. The van der Waals surface area contributed by atoms with Crippen LogP contribution in [0, 0.1) is 18.8 Å². The molecule has 4 heteroatoms. The summed E-state index contributed by atoms with van der Waals surface area (Å²) >= 11 is 3.61. The van der Waals surface area contributed by atoms with Crippen molar-refractivity contribution >= 4 is 15.9 Å². The number of halogens is 1. The van der Waals surface area contributed by atoms with Gasteiger partial charge in [-0.1, -0.05) is 19.8 Å². The molecule has 1 saturated carbocycles. The zero-order valence-electron chi connectivity index (χ0n) is 10.9. The maximum absolute atomic E-state index is 6.39. The molecule has 1 aliphatic carbocycles. The highest BCUT2D eigenvalue weighted by Gasteiger charge is 2.29. The van der Waals surface area contributed by atoms with Crippen LogP contribution in [0.2, 0.25) is 0 Å². The van der Waals surface area contributed by atoms with Crippen molar-refractivity contribution in [1.29, 1.82) is 0 Å². The van der Waals surface area contributed by atoms with Crippen LogP contribution < -0.4 is 5.73 Å². The molecule has 1 fully saturated rings. The summed E-state index contributed by atoms with van der Waals surface area (Å²) in [6, 6.07) is 0.263. The van der Waals surface area contributed by atoms with Crippen LogP contribution in [0.4, 0.5) is 0 Å². The van der Waals surface area contributed by atoms with Gasteiger partial charge in [0.15, 0.2) is 0 Å². The third kappa shape index (κ3) is 2.58. The van der Waals surface area contributed by atoms with Crippen molar-refractivity contribution in [3.63, 3.8) is 0 Å². The molecule has 0 saturated heterocycles. The van der Waals surface area contributed by atoms with E-state index in [1.165, 1.54) is 25.0 Å². The van der Waals surface area contributed by atoms with Crippen molar-refractivity contribution in [2.45, 2.75) is 45.6 Å². The molecule has 0 aromatic carbocycles. The molecule has 1 aromatic rings. The molecule has 0 bridgehead atoms. The van der Waals surface area contributed by atoms with Crippen molar-refractivity contribution in [2.24, 2.45) is 24.6 Å². The van der Waals surface area contributed by atoms with Gasteiger partial charge in [0.1, 0.15) is 0 Å². The van der Waals surface area contributed by atoms with Gasteiger partial charge in [-0.05, 0) is 41.1 Å². The van der Waals surface area contributed by atoms with E-state index in [1.54, 1.807) is 0 Å². The van der Waals surface area contributed by atoms with E-state index in [2.05, 4.69) is 28.0 Å². The standard InChI is InChI=1S/C13H22BrN3/c1-8-5-4-6-10(8)11(15)7-12-13(14)9(2)16-17(12)3/h8,10-11H,4-7,15H2,1-3H3. The Kier molecular flexibility index (Phi) is 3.93. The van der Waals surface area contributed by atoms with Crippen molar-refractivity contribution in [1.82, 2.24) is 9.78 Å². The molecule has 1 aliphatic rings. The van der Waals surface area contributed by atoms with Crippen LogP contribution in [0.5, 0.6) is 0 Å². The zero-order valence-corrected chi connectivity index (χ0v) is 12.5. The Labute approximate surface area is 112 Å². The zero-order chi connectivity index (χ0) is 12.6. The second-order valence-corrected chi connectivity index (χ2v) is 6.20. The molecule has 3 unspecified atom stereocenters. The van der Waals surface area contributed by atoms with Gasteiger partial charge in [-0.15, -0.1) is 0 Å². The van der Waals surface area contributed by atoms with E-state index in [9.17, 15) is 0 Å². The van der Waals surface area contributed by atoms with Gasteiger partial charge in [-0.3, -0.25) is 4.68 Å². The lowest BCUT2D eigenvalue weighted by Crippen LogP contribution is -2.34. The average Bonchev–Trinajstić information content (AvgIpc) is 2.78. The van der Waals surface area contributed by atoms with Gasteiger partial charge in [-0.2, -0.15) is 5.10 Å². The first-order valence-electron chi connectivity index (χ1n) is 6.44. The van der Waals surface area contributed by atoms with Crippen molar-refractivity contribution in [3.05, 3.63) is 15.9 Å². The summed E-state index contributed by atoms with van der Waals surface area (Å²) in [6.45, 7) is 4.36. The summed E-state index contributed by atoms with van der Waals surface area (Å²) in [5.41, 5.74) is 8.67. The highest BCUT2D eigenvalue weighted by Crippen LogP contribution is 2.34. The van der Waals surface area contributed by atoms with Crippen LogP contribution in [-0.2, 0) is 13.5 Å². The maximum Gasteiger partial charge on any atom is 0.0738 e. The monoisotopic (exact) mass is 299 g/mol. The fraction of sp³-hybridized carbons (Fsp3) is 0.769. The highest BCUT2D eigenvalue weighted by atomic mass is 79.9. The normalized spacial score (nSPS) is 26.4. The quantitative estimate of drug-likeness (QED) is 0.933. The topological polar surface area (TPSA) is 43.8 Å². The van der Waals surface area contributed by atoms with E-state index >= 15 is 0 Å². The molecule has 0 radical (unpaired) electrons. The van der Waals surface area contributed by atoms with Crippen LogP contribution in [0.3, 0.4) is 0 Å². The number of rotatable bonds is 3. The Morgan fingerprint density at radius 2 is 2.24 bits per heavy atom. The number of hydrogen-bond donors (Lipinski definition) is 1. The second kappa shape index (κ2) is 5.11. The lowest BCUT2D eigenvalue weighted by Gasteiger charge is -2.23. The molecule has 96 valence electrons. The molecular weight excluding hydrogens is 278 g/mol. The minimum absolute atomic E-state index is 0.263. The minimum atomic E-state index is 0.263. The van der Waals surface area contributed by atoms with Gasteiger partial charge in [-0.25, -0.2) is 0 Å². The number of nitrogens with two attached hydrogens (primary N) is 1. The smallest absolute Gasteiger partial charge is 0.0738 e. The maximum atomic E-state index is 6.39. The molecule has 0 amide bonds. The Hall–Kier alpha value is -0.350. The summed E-state index contributed by atoms with van der Waals surface area (Å²) in [6.07, 6.45) is 4.89. The summed E-state index contributed by atoms with van der Waals surface area (Å²) < 4.78 is 3.08. The Morgan fingerprint density at radius 1 is 1.53 bits per heavy atom. The lowest BCUT2D eigenvalue weighted by atomic mass is 9.88. The van der Waals surface area contributed by atoms with Crippen molar-refractivity contribution in [3.8, 4) is 0 Å². The van der Waals surface area contributed by atoms with Crippen molar-refractivity contribution in [2.75, 3.05) is 0 Å². The van der Waals surface area contributed by atoms with E-state index in [0.29, 0.717) is 5.92 Å². The molecule has 1 aromatic heterocycles. The molecule has 2 rings (SSSR count). The predicted molar refractivity (Wildman–Crippen MR) is 73.8 cm³/mol. The number of aryl methyl sites for hydroxylation is 2. The molecule has 0 aliphatic heterocycles. The average molecular weight is 300 g/mol. The van der Waals surface area contributed by atoms with Gasteiger partial charge in [0.05, 0.1) is 15.9 Å². The molecule has 2 N–H and O–H groups in total. The van der Waals surface area contributed by atoms with Crippen LogP contribution in [0.1, 0.15) is 37.6 Å². The SMILES string of the molecule is Cc1nn(C)c(CC(N)C2CCCC2C)c1Br. The molecule has 3 atom stereocenters. The lowest BCUT2D eigenvalue weighted by molar-refractivity contribution is 0.339. The first-order chi connectivity index (χ1) is 8.00.